The van der Waals surface area contributed by atoms with E-state index in [2.05, 4.69) is 15.2 Å². The molecule has 4 heterocycles. The molecule has 0 unspecified atom stereocenters. The van der Waals surface area contributed by atoms with Crippen molar-refractivity contribution in [1.82, 2.24) is 24.5 Å². The first kappa shape index (κ1) is 16.5. The second kappa shape index (κ2) is 6.74. The minimum Gasteiger partial charge on any atom is -0.471 e. The van der Waals surface area contributed by atoms with E-state index < -0.39 is 0 Å². The molecular formula is C19H21N5O2. The molecule has 0 N–H and O–H groups in total. The van der Waals surface area contributed by atoms with Gasteiger partial charge in [-0.05, 0) is 44.9 Å². The highest BCUT2D eigenvalue weighted by molar-refractivity contribution is 5.94. The lowest BCUT2D eigenvalue weighted by atomic mass is 10.1. The number of pyridine rings is 1. The Hall–Kier alpha value is -2.96. The quantitative estimate of drug-likeness (QED) is 0.725. The molecule has 3 aromatic heterocycles. The number of likely N-dealkylation sites (tertiary alicyclic amines) is 1. The summed E-state index contributed by atoms with van der Waals surface area (Å²) in [6.45, 7) is 5.02. The van der Waals surface area contributed by atoms with E-state index in [4.69, 9.17) is 4.74 Å². The van der Waals surface area contributed by atoms with Gasteiger partial charge < -0.3 is 9.64 Å². The number of amides is 1. The van der Waals surface area contributed by atoms with Crippen molar-refractivity contribution in [2.75, 3.05) is 13.1 Å². The molecule has 4 rings (SSSR count). The van der Waals surface area contributed by atoms with Gasteiger partial charge in [0.05, 0.1) is 17.9 Å². The van der Waals surface area contributed by atoms with Crippen LogP contribution in [0.5, 0.6) is 5.88 Å². The number of hydrogen-bond donors (Lipinski definition) is 0. The van der Waals surface area contributed by atoms with E-state index in [1.807, 2.05) is 59.7 Å². The van der Waals surface area contributed by atoms with E-state index in [0.717, 1.165) is 36.4 Å². The standard InChI is InChI=1S/C19H21N5O2/c1-13-8-9-17(22-21-13)26-15-6-5-10-23(12-15)19(25)18-14(2)20-16-7-3-4-11-24(16)18/h3-4,7-9,11,15H,5-6,10,12H2,1-2H3/t15-/m1/s1. The van der Waals surface area contributed by atoms with Gasteiger partial charge in [0, 0.05) is 18.8 Å². The van der Waals surface area contributed by atoms with Gasteiger partial charge in [-0.25, -0.2) is 4.98 Å². The highest BCUT2D eigenvalue weighted by Crippen LogP contribution is 2.20. The minimum absolute atomic E-state index is 0.00973. The molecule has 3 aromatic rings. The second-order valence-electron chi connectivity index (χ2n) is 6.62. The fourth-order valence-corrected chi connectivity index (χ4v) is 3.36. The number of rotatable bonds is 3. The normalized spacial score (nSPS) is 17.5. The van der Waals surface area contributed by atoms with Crippen LogP contribution in [0.4, 0.5) is 0 Å². The fraction of sp³-hybridized carbons (Fsp3) is 0.368. The van der Waals surface area contributed by atoms with E-state index in [1.54, 1.807) is 0 Å². The number of carbonyl (C=O) groups is 1. The zero-order chi connectivity index (χ0) is 18.1. The molecule has 7 heteroatoms. The van der Waals surface area contributed by atoms with Crippen molar-refractivity contribution in [3.05, 3.63) is 53.6 Å². The Labute approximate surface area is 151 Å². The van der Waals surface area contributed by atoms with Gasteiger partial charge in [-0.1, -0.05) is 6.07 Å². The Kier molecular flexibility index (Phi) is 4.28. The van der Waals surface area contributed by atoms with Gasteiger partial charge >= 0.3 is 0 Å². The predicted molar refractivity (Wildman–Crippen MR) is 96.3 cm³/mol. The Morgan fingerprint density at radius 2 is 2.08 bits per heavy atom. The molecule has 0 radical (unpaired) electrons. The van der Waals surface area contributed by atoms with Gasteiger partial charge in [-0.3, -0.25) is 9.20 Å². The number of nitrogens with zero attached hydrogens (tertiary/aromatic N) is 5. The lowest BCUT2D eigenvalue weighted by Gasteiger charge is -2.32. The van der Waals surface area contributed by atoms with Gasteiger partial charge in [0.2, 0.25) is 5.88 Å². The third-order valence-electron chi connectivity index (χ3n) is 4.63. The molecule has 1 aliphatic heterocycles. The molecule has 1 fully saturated rings. The zero-order valence-electron chi connectivity index (χ0n) is 14.9. The molecule has 1 atom stereocenters. The van der Waals surface area contributed by atoms with Crippen LogP contribution in [0.2, 0.25) is 0 Å². The van der Waals surface area contributed by atoms with Gasteiger partial charge in [-0.2, -0.15) is 5.10 Å². The predicted octanol–water partition coefficient (Wildman–Crippen LogP) is 2.42. The van der Waals surface area contributed by atoms with Crippen molar-refractivity contribution in [1.29, 1.82) is 0 Å². The summed E-state index contributed by atoms with van der Waals surface area (Å²) in [5.74, 6) is 0.491. The van der Waals surface area contributed by atoms with Crippen molar-refractivity contribution in [3.63, 3.8) is 0 Å². The zero-order valence-corrected chi connectivity index (χ0v) is 14.9. The van der Waals surface area contributed by atoms with Crippen LogP contribution < -0.4 is 4.74 Å². The highest BCUT2D eigenvalue weighted by atomic mass is 16.5. The van der Waals surface area contributed by atoms with E-state index >= 15 is 0 Å². The molecule has 0 aromatic carbocycles. The maximum atomic E-state index is 13.1. The molecular weight excluding hydrogens is 330 g/mol. The Morgan fingerprint density at radius 3 is 2.88 bits per heavy atom. The SMILES string of the molecule is Cc1ccc(O[C@@H]2CCCN(C(=O)c3c(C)nc4ccccn34)C2)nn1. The number of imidazole rings is 1. The summed E-state index contributed by atoms with van der Waals surface area (Å²) in [5.41, 5.74) is 3.00. The summed E-state index contributed by atoms with van der Waals surface area (Å²) in [6, 6.07) is 9.42. The third kappa shape index (κ3) is 3.12. The van der Waals surface area contributed by atoms with Crippen LogP contribution in [-0.2, 0) is 0 Å². The Balaban J connectivity index is 1.52. The van der Waals surface area contributed by atoms with Gasteiger partial charge in [0.25, 0.3) is 5.91 Å². The van der Waals surface area contributed by atoms with Crippen LogP contribution in [0, 0.1) is 13.8 Å². The molecule has 1 saturated heterocycles. The smallest absolute Gasteiger partial charge is 0.272 e. The number of hydrogen-bond acceptors (Lipinski definition) is 5. The second-order valence-corrected chi connectivity index (χ2v) is 6.62. The van der Waals surface area contributed by atoms with Gasteiger partial charge in [0.1, 0.15) is 17.4 Å². The van der Waals surface area contributed by atoms with Crippen LogP contribution in [0.15, 0.2) is 36.5 Å². The van der Waals surface area contributed by atoms with Crippen molar-refractivity contribution in [2.45, 2.75) is 32.8 Å². The van der Waals surface area contributed by atoms with Crippen molar-refractivity contribution < 1.29 is 9.53 Å². The Morgan fingerprint density at radius 1 is 1.19 bits per heavy atom. The minimum atomic E-state index is -0.0794. The van der Waals surface area contributed by atoms with Crippen LogP contribution in [-0.4, -0.2) is 49.6 Å². The van der Waals surface area contributed by atoms with Crippen molar-refractivity contribution in [3.8, 4) is 5.88 Å². The van der Waals surface area contributed by atoms with Crippen molar-refractivity contribution >= 4 is 11.6 Å². The topological polar surface area (TPSA) is 72.6 Å². The maximum Gasteiger partial charge on any atom is 0.272 e. The maximum absolute atomic E-state index is 13.1. The molecule has 0 saturated carbocycles. The number of fused-ring (bicyclic) bond motifs is 1. The lowest BCUT2D eigenvalue weighted by molar-refractivity contribution is 0.0518. The molecule has 0 bridgehead atoms. The third-order valence-corrected chi connectivity index (χ3v) is 4.63. The lowest BCUT2D eigenvalue weighted by Crippen LogP contribution is -2.45. The number of ether oxygens (including phenoxy) is 1. The van der Waals surface area contributed by atoms with Crippen LogP contribution in [0.3, 0.4) is 0 Å². The number of aryl methyl sites for hydroxylation is 2. The Bertz CT molecular complexity index is 935. The first-order valence-electron chi connectivity index (χ1n) is 8.82. The molecule has 0 spiro atoms. The molecule has 0 aliphatic carbocycles. The van der Waals surface area contributed by atoms with Crippen LogP contribution in [0.1, 0.15) is 34.7 Å². The largest absolute Gasteiger partial charge is 0.471 e. The van der Waals surface area contributed by atoms with E-state index in [0.29, 0.717) is 18.1 Å². The molecule has 1 aliphatic rings. The fourth-order valence-electron chi connectivity index (χ4n) is 3.36. The molecule has 7 nitrogen and oxygen atoms in total. The number of piperidine rings is 1. The van der Waals surface area contributed by atoms with Crippen molar-refractivity contribution in [2.24, 2.45) is 0 Å². The summed E-state index contributed by atoms with van der Waals surface area (Å²) < 4.78 is 7.79. The average molecular weight is 351 g/mol. The van der Waals surface area contributed by atoms with E-state index in [9.17, 15) is 4.79 Å². The molecule has 26 heavy (non-hydrogen) atoms. The number of carbonyl (C=O) groups excluding carboxylic acids is 1. The van der Waals surface area contributed by atoms with E-state index in [-0.39, 0.29) is 12.0 Å². The summed E-state index contributed by atoms with van der Waals surface area (Å²) in [6.07, 6.45) is 3.59. The molecule has 134 valence electrons. The number of aromatic nitrogens is 4. The average Bonchev–Trinajstić information content (AvgIpc) is 2.99. The first-order valence-corrected chi connectivity index (χ1v) is 8.82. The summed E-state index contributed by atoms with van der Waals surface area (Å²) in [4.78, 5) is 19.5. The van der Waals surface area contributed by atoms with Gasteiger partial charge in [0.15, 0.2) is 0 Å². The molecule has 1 amide bonds. The van der Waals surface area contributed by atoms with E-state index in [1.165, 1.54) is 0 Å². The summed E-state index contributed by atoms with van der Waals surface area (Å²) >= 11 is 0. The summed E-state index contributed by atoms with van der Waals surface area (Å²) in [5, 5.41) is 8.08. The van der Waals surface area contributed by atoms with Crippen LogP contribution >= 0.6 is 0 Å². The van der Waals surface area contributed by atoms with Crippen LogP contribution in [0.25, 0.3) is 5.65 Å². The monoisotopic (exact) mass is 351 g/mol. The highest BCUT2D eigenvalue weighted by Gasteiger charge is 2.28. The van der Waals surface area contributed by atoms with Gasteiger partial charge in [-0.15, -0.1) is 5.10 Å². The first-order chi connectivity index (χ1) is 12.6. The summed E-state index contributed by atoms with van der Waals surface area (Å²) in [7, 11) is 0.